The molecule has 5 heteroatoms. The molecule has 0 atom stereocenters. The molecule has 2 aromatic rings. The largest absolute Gasteiger partial charge is 0.502 e. The van der Waals surface area contributed by atoms with E-state index in [1.54, 1.807) is 0 Å². The van der Waals surface area contributed by atoms with E-state index in [-0.39, 0.29) is 11.2 Å². The predicted molar refractivity (Wildman–Crippen MR) is 105 cm³/mol. The first-order valence-corrected chi connectivity index (χ1v) is 10.1. The number of hydrogen-bond acceptors (Lipinski definition) is 5. The molecule has 0 radical (unpaired) electrons. The summed E-state index contributed by atoms with van der Waals surface area (Å²) in [4.78, 5) is 16.8. The van der Waals surface area contributed by atoms with Gasteiger partial charge >= 0.3 is 0 Å². The second-order valence-corrected chi connectivity index (χ2v) is 7.77. The molecule has 1 aromatic carbocycles. The van der Waals surface area contributed by atoms with Crippen LogP contribution in [0.1, 0.15) is 48.3 Å². The SMILES string of the molecule is O=c1cc(CN2CCCCCC2)oc(CN2CCc3ccccc3C2)c1O. The van der Waals surface area contributed by atoms with Crippen LogP contribution in [0.3, 0.4) is 0 Å². The maximum Gasteiger partial charge on any atom is 0.227 e. The fourth-order valence-electron chi connectivity index (χ4n) is 4.18. The van der Waals surface area contributed by atoms with Gasteiger partial charge in [-0.05, 0) is 43.5 Å². The summed E-state index contributed by atoms with van der Waals surface area (Å²) in [5.41, 5.74) is 2.36. The summed E-state index contributed by atoms with van der Waals surface area (Å²) in [6.07, 6.45) is 5.93. The summed E-state index contributed by atoms with van der Waals surface area (Å²) in [6.45, 7) is 4.91. The summed E-state index contributed by atoms with van der Waals surface area (Å²) < 4.78 is 5.99. The van der Waals surface area contributed by atoms with E-state index in [1.165, 1.54) is 42.9 Å². The first-order chi connectivity index (χ1) is 13.2. The molecule has 0 spiro atoms. The Kier molecular flexibility index (Phi) is 5.60. The Morgan fingerprint density at radius 3 is 2.44 bits per heavy atom. The standard InChI is InChI=1S/C22H28N2O3/c25-20-13-19(15-23-10-5-1-2-6-11-23)27-21(22(20)26)16-24-12-9-17-7-3-4-8-18(17)14-24/h3-4,7-8,13,26H,1-2,5-6,9-12,14-16H2. The van der Waals surface area contributed by atoms with E-state index in [0.717, 1.165) is 32.6 Å². The van der Waals surface area contributed by atoms with Gasteiger partial charge in [-0.25, -0.2) is 0 Å². The van der Waals surface area contributed by atoms with Gasteiger partial charge in [-0.2, -0.15) is 0 Å². The maximum atomic E-state index is 12.3. The summed E-state index contributed by atoms with van der Waals surface area (Å²) in [5, 5.41) is 10.3. The molecule has 1 N–H and O–H groups in total. The van der Waals surface area contributed by atoms with Gasteiger partial charge < -0.3 is 9.52 Å². The van der Waals surface area contributed by atoms with Gasteiger partial charge in [0.15, 0.2) is 5.76 Å². The van der Waals surface area contributed by atoms with Crippen LogP contribution in [0.25, 0.3) is 0 Å². The van der Waals surface area contributed by atoms with Crippen molar-refractivity contribution in [2.75, 3.05) is 19.6 Å². The number of aromatic hydroxyl groups is 1. The zero-order valence-corrected chi connectivity index (χ0v) is 15.8. The summed E-state index contributed by atoms with van der Waals surface area (Å²) >= 11 is 0. The van der Waals surface area contributed by atoms with Crippen molar-refractivity contribution >= 4 is 0 Å². The van der Waals surface area contributed by atoms with Crippen molar-refractivity contribution in [3.63, 3.8) is 0 Å². The minimum atomic E-state index is -0.335. The first kappa shape index (κ1) is 18.3. The molecule has 3 heterocycles. The molecule has 0 saturated carbocycles. The molecule has 4 rings (SSSR count). The number of likely N-dealkylation sites (tertiary alicyclic amines) is 1. The van der Waals surface area contributed by atoms with E-state index in [1.807, 2.05) is 0 Å². The van der Waals surface area contributed by atoms with Gasteiger partial charge in [-0.3, -0.25) is 14.6 Å². The highest BCUT2D eigenvalue weighted by atomic mass is 16.4. The zero-order chi connectivity index (χ0) is 18.6. The first-order valence-electron chi connectivity index (χ1n) is 10.1. The van der Waals surface area contributed by atoms with E-state index in [9.17, 15) is 9.90 Å². The second kappa shape index (κ2) is 8.28. The molecular formula is C22H28N2O3. The van der Waals surface area contributed by atoms with Crippen molar-refractivity contribution in [3.8, 4) is 5.75 Å². The van der Waals surface area contributed by atoms with Crippen LogP contribution in [0.4, 0.5) is 0 Å². The lowest BCUT2D eigenvalue weighted by molar-refractivity contribution is 0.202. The van der Waals surface area contributed by atoms with Crippen molar-refractivity contribution in [1.82, 2.24) is 9.80 Å². The smallest absolute Gasteiger partial charge is 0.227 e. The highest BCUT2D eigenvalue weighted by molar-refractivity contribution is 5.30. The lowest BCUT2D eigenvalue weighted by Crippen LogP contribution is -2.30. The molecule has 2 aliphatic heterocycles. The van der Waals surface area contributed by atoms with Crippen molar-refractivity contribution in [2.45, 2.75) is 51.7 Å². The van der Waals surface area contributed by atoms with Crippen molar-refractivity contribution in [1.29, 1.82) is 0 Å². The van der Waals surface area contributed by atoms with Crippen molar-refractivity contribution < 1.29 is 9.52 Å². The Morgan fingerprint density at radius 2 is 1.67 bits per heavy atom. The molecule has 2 aliphatic rings. The monoisotopic (exact) mass is 368 g/mol. The van der Waals surface area contributed by atoms with E-state index >= 15 is 0 Å². The molecule has 1 aromatic heterocycles. The molecule has 0 bridgehead atoms. The Labute approximate surface area is 160 Å². The number of nitrogens with zero attached hydrogens (tertiary/aromatic N) is 2. The molecule has 0 unspecified atom stereocenters. The van der Waals surface area contributed by atoms with Crippen LogP contribution >= 0.6 is 0 Å². The molecule has 1 saturated heterocycles. The fourth-order valence-corrected chi connectivity index (χ4v) is 4.18. The number of benzene rings is 1. The van der Waals surface area contributed by atoms with Crippen LogP contribution in [0.2, 0.25) is 0 Å². The van der Waals surface area contributed by atoms with Gasteiger partial charge in [0.05, 0.1) is 13.1 Å². The summed E-state index contributed by atoms with van der Waals surface area (Å²) in [5.74, 6) is 0.812. The lowest BCUT2D eigenvalue weighted by Gasteiger charge is -2.28. The normalized spacial score (nSPS) is 18.8. The molecule has 1 fully saturated rings. The van der Waals surface area contributed by atoms with Gasteiger partial charge in [0.1, 0.15) is 5.76 Å². The Morgan fingerprint density at radius 1 is 0.926 bits per heavy atom. The molecule has 144 valence electrons. The molecule has 0 amide bonds. The van der Waals surface area contributed by atoms with E-state index in [4.69, 9.17) is 4.42 Å². The minimum absolute atomic E-state index is 0.242. The van der Waals surface area contributed by atoms with Gasteiger partial charge in [0.2, 0.25) is 11.2 Å². The summed E-state index contributed by atoms with van der Waals surface area (Å²) in [6, 6.07) is 9.90. The third kappa shape index (κ3) is 4.42. The molecule has 0 aliphatic carbocycles. The Hall–Kier alpha value is -2.11. The number of fused-ring (bicyclic) bond motifs is 1. The van der Waals surface area contributed by atoms with E-state index in [2.05, 4.69) is 34.1 Å². The highest BCUT2D eigenvalue weighted by Crippen LogP contribution is 2.23. The van der Waals surface area contributed by atoms with Crippen LogP contribution in [-0.2, 0) is 26.1 Å². The second-order valence-electron chi connectivity index (χ2n) is 7.77. The van der Waals surface area contributed by atoms with Gasteiger partial charge in [-0.15, -0.1) is 0 Å². The molecular weight excluding hydrogens is 340 g/mol. The van der Waals surface area contributed by atoms with Crippen LogP contribution < -0.4 is 5.43 Å². The van der Waals surface area contributed by atoms with Crippen LogP contribution in [0.5, 0.6) is 5.75 Å². The van der Waals surface area contributed by atoms with E-state index in [0.29, 0.717) is 24.6 Å². The fraction of sp³-hybridized carbons (Fsp3) is 0.500. The lowest BCUT2D eigenvalue weighted by atomic mass is 10.00. The minimum Gasteiger partial charge on any atom is -0.502 e. The number of hydrogen-bond donors (Lipinski definition) is 1. The van der Waals surface area contributed by atoms with Gasteiger partial charge in [0.25, 0.3) is 0 Å². The predicted octanol–water partition coefficient (Wildman–Crippen LogP) is 3.28. The van der Waals surface area contributed by atoms with Crippen molar-refractivity contribution in [2.24, 2.45) is 0 Å². The van der Waals surface area contributed by atoms with Crippen LogP contribution in [0, 0.1) is 0 Å². The van der Waals surface area contributed by atoms with Crippen LogP contribution in [0.15, 0.2) is 39.5 Å². The third-order valence-electron chi connectivity index (χ3n) is 5.70. The Bertz CT molecular complexity index is 838. The van der Waals surface area contributed by atoms with Crippen LogP contribution in [-0.4, -0.2) is 34.5 Å². The maximum absolute atomic E-state index is 12.3. The third-order valence-corrected chi connectivity index (χ3v) is 5.70. The Balaban J connectivity index is 1.49. The quantitative estimate of drug-likeness (QED) is 0.898. The van der Waals surface area contributed by atoms with E-state index < -0.39 is 0 Å². The topological polar surface area (TPSA) is 56.9 Å². The van der Waals surface area contributed by atoms with Crippen molar-refractivity contribution in [3.05, 3.63) is 63.2 Å². The zero-order valence-electron chi connectivity index (χ0n) is 15.8. The average molecular weight is 368 g/mol. The molecule has 27 heavy (non-hydrogen) atoms. The summed E-state index contributed by atoms with van der Waals surface area (Å²) in [7, 11) is 0. The average Bonchev–Trinajstić information content (AvgIpc) is 2.94. The number of rotatable bonds is 4. The highest BCUT2D eigenvalue weighted by Gasteiger charge is 2.20. The van der Waals surface area contributed by atoms with Gasteiger partial charge in [0, 0.05) is 19.2 Å². The molecule has 5 nitrogen and oxygen atoms in total. The van der Waals surface area contributed by atoms with Gasteiger partial charge in [-0.1, -0.05) is 37.1 Å².